The third kappa shape index (κ3) is 3.23. The summed E-state index contributed by atoms with van der Waals surface area (Å²) in [6, 6.07) is 5.78. The molecule has 8 heteroatoms. The zero-order valence-electron chi connectivity index (χ0n) is 15.0. The van der Waals surface area contributed by atoms with Crippen molar-refractivity contribution in [2.24, 2.45) is 5.41 Å². The predicted octanol–water partition coefficient (Wildman–Crippen LogP) is 1.10. The van der Waals surface area contributed by atoms with Gasteiger partial charge >= 0.3 is 5.97 Å². The average Bonchev–Trinajstić information content (AvgIpc) is 2.60. The van der Waals surface area contributed by atoms with Gasteiger partial charge in [-0.2, -0.15) is 0 Å². The monoisotopic (exact) mass is 380 g/mol. The van der Waals surface area contributed by atoms with Gasteiger partial charge in [-0.1, -0.05) is 6.07 Å². The van der Waals surface area contributed by atoms with Crippen LogP contribution in [0.1, 0.15) is 29.6 Å². The molecule has 2 heterocycles. The highest BCUT2D eigenvalue weighted by Crippen LogP contribution is 2.42. The van der Waals surface area contributed by atoms with Crippen LogP contribution in [0.4, 0.5) is 0 Å². The number of likely N-dealkylation sites (tertiary alicyclic amines) is 2. The minimum Gasteiger partial charge on any atom is -0.481 e. The van der Waals surface area contributed by atoms with E-state index in [1.54, 1.807) is 17.0 Å². The molecule has 2 aliphatic heterocycles. The van der Waals surface area contributed by atoms with Crippen LogP contribution in [0.15, 0.2) is 29.2 Å². The molecule has 26 heavy (non-hydrogen) atoms. The molecule has 0 spiro atoms. The number of fused-ring (bicyclic) bond motifs is 1. The Morgan fingerprint density at radius 2 is 1.96 bits per heavy atom. The Morgan fingerprint density at radius 3 is 2.62 bits per heavy atom. The molecular weight excluding hydrogens is 356 g/mol. The van der Waals surface area contributed by atoms with Gasteiger partial charge in [0, 0.05) is 31.0 Å². The number of carboxylic acids is 1. The number of rotatable bonds is 3. The number of hydrogen-bond donors (Lipinski definition) is 1. The summed E-state index contributed by atoms with van der Waals surface area (Å²) in [4.78, 5) is 28.6. The molecule has 0 radical (unpaired) electrons. The van der Waals surface area contributed by atoms with Crippen LogP contribution in [-0.2, 0) is 14.6 Å². The van der Waals surface area contributed by atoms with Crippen LogP contribution in [-0.4, -0.2) is 74.2 Å². The first-order valence-electron chi connectivity index (χ1n) is 8.68. The standard InChI is InChI=1S/C18H24N2O5S/c1-19-9-4-7-18(17(22)23)8-10-20(12-15(18)19)16(21)13-5-3-6-14(11-13)26(2,24)25/h3,5-6,11,15H,4,7-10,12H2,1-2H3,(H,22,23)/t15-,18+/m1/s1. The van der Waals surface area contributed by atoms with Gasteiger partial charge in [-0.25, -0.2) is 8.42 Å². The number of aliphatic carboxylic acids is 1. The molecule has 2 atom stereocenters. The first-order valence-corrected chi connectivity index (χ1v) is 10.6. The van der Waals surface area contributed by atoms with Crippen molar-refractivity contribution in [3.63, 3.8) is 0 Å². The smallest absolute Gasteiger partial charge is 0.311 e. The van der Waals surface area contributed by atoms with Crippen LogP contribution < -0.4 is 0 Å². The molecule has 0 saturated carbocycles. The Hall–Kier alpha value is -1.93. The molecular formula is C18H24N2O5S. The highest BCUT2D eigenvalue weighted by molar-refractivity contribution is 7.90. The van der Waals surface area contributed by atoms with Gasteiger partial charge < -0.3 is 14.9 Å². The second-order valence-corrected chi connectivity index (χ2v) is 9.38. The zero-order chi connectivity index (χ0) is 19.1. The Kier molecular flexibility index (Phi) is 4.83. The van der Waals surface area contributed by atoms with E-state index >= 15 is 0 Å². The van der Waals surface area contributed by atoms with Crippen LogP contribution in [0, 0.1) is 5.41 Å². The van der Waals surface area contributed by atoms with Gasteiger partial charge in [0.05, 0.1) is 10.3 Å². The van der Waals surface area contributed by atoms with Crippen LogP contribution in [0.2, 0.25) is 0 Å². The molecule has 2 fully saturated rings. The van der Waals surface area contributed by atoms with E-state index in [0.29, 0.717) is 31.5 Å². The lowest BCUT2D eigenvalue weighted by Crippen LogP contribution is -2.63. The van der Waals surface area contributed by atoms with Gasteiger partial charge in [0.25, 0.3) is 5.91 Å². The van der Waals surface area contributed by atoms with Crippen molar-refractivity contribution in [3.8, 4) is 0 Å². The van der Waals surface area contributed by atoms with E-state index in [-0.39, 0.29) is 16.8 Å². The summed E-state index contributed by atoms with van der Waals surface area (Å²) >= 11 is 0. The summed E-state index contributed by atoms with van der Waals surface area (Å²) in [5.41, 5.74) is -0.493. The van der Waals surface area contributed by atoms with Gasteiger partial charge in [0.1, 0.15) is 0 Å². The van der Waals surface area contributed by atoms with Crippen molar-refractivity contribution >= 4 is 21.7 Å². The minimum atomic E-state index is -3.40. The molecule has 0 aromatic heterocycles. The Balaban J connectivity index is 1.86. The van der Waals surface area contributed by atoms with Crippen molar-refractivity contribution in [1.82, 2.24) is 9.80 Å². The highest BCUT2D eigenvalue weighted by Gasteiger charge is 2.52. The van der Waals surface area contributed by atoms with Gasteiger partial charge in [-0.3, -0.25) is 9.59 Å². The zero-order valence-corrected chi connectivity index (χ0v) is 15.8. The van der Waals surface area contributed by atoms with E-state index in [4.69, 9.17) is 0 Å². The molecule has 0 aliphatic carbocycles. The Morgan fingerprint density at radius 1 is 1.23 bits per heavy atom. The molecule has 0 bridgehead atoms. The van der Waals surface area contributed by atoms with Crippen molar-refractivity contribution in [2.75, 3.05) is 32.9 Å². The quantitative estimate of drug-likeness (QED) is 0.844. The molecule has 0 unspecified atom stereocenters. The van der Waals surface area contributed by atoms with E-state index in [1.165, 1.54) is 12.1 Å². The van der Waals surface area contributed by atoms with Crippen LogP contribution >= 0.6 is 0 Å². The lowest BCUT2D eigenvalue weighted by atomic mass is 9.68. The third-order valence-electron chi connectivity index (χ3n) is 5.75. The fourth-order valence-corrected chi connectivity index (χ4v) is 4.88. The third-order valence-corrected chi connectivity index (χ3v) is 6.86. The number of piperidine rings is 2. The first-order chi connectivity index (χ1) is 12.1. The van der Waals surface area contributed by atoms with Crippen molar-refractivity contribution < 1.29 is 23.1 Å². The van der Waals surface area contributed by atoms with Crippen molar-refractivity contribution in [2.45, 2.75) is 30.2 Å². The number of nitrogens with zero attached hydrogens (tertiary/aromatic N) is 2. The van der Waals surface area contributed by atoms with E-state index in [2.05, 4.69) is 0 Å². The second kappa shape index (κ2) is 6.66. The molecule has 7 nitrogen and oxygen atoms in total. The van der Waals surface area contributed by atoms with E-state index in [1.807, 2.05) is 11.9 Å². The molecule has 3 rings (SSSR count). The molecule has 142 valence electrons. The van der Waals surface area contributed by atoms with Crippen LogP contribution in [0.5, 0.6) is 0 Å². The molecule has 1 aromatic carbocycles. The number of carbonyl (C=O) groups is 2. The second-order valence-electron chi connectivity index (χ2n) is 7.36. The number of benzene rings is 1. The molecule has 1 N–H and O–H groups in total. The van der Waals surface area contributed by atoms with Gasteiger partial charge in [-0.05, 0) is 51.1 Å². The van der Waals surface area contributed by atoms with Crippen molar-refractivity contribution in [3.05, 3.63) is 29.8 Å². The highest BCUT2D eigenvalue weighted by atomic mass is 32.2. The molecule has 2 aliphatic rings. The van der Waals surface area contributed by atoms with Gasteiger partial charge in [-0.15, -0.1) is 0 Å². The van der Waals surface area contributed by atoms with E-state index in [9.17, 15) is 23.1 Å². The summed E-state index contributed by atoms with van der Waals surface area (Å²) < 4.78 is 23.5. The predicted molar refractivity (Wildman–Crippen MR) is 95.8 cm³/mol. The normalized spacial score (nSPS) is 27.0. The first kappa shape index (κ1) is 18.8. The van der Waals surface area contributed by atoms with Crippen LogP contribution in [0.25, 0.3) is 0 Å². The summed E-state index contributed by atoms with van der Waals surface area (Å²) in [5, 5.41) is 9.81. The maximum Gasteiger partial charge on any atom is 0.311 e. The van der Waals surface area contributed by atoms with E-state index in [0.717, 1.165) is 19.2 Å². The number of sulfone groups is 1. The summed E-state index contributed by atoms with van der Waals surface area (Å²) in [6.45, 7) is 1.51. The lowest BCUT2D eigenvalue weighted by Gasteiger charge is -2.51. The fraction of sp³-hybridized carbons (Fsp3) is 0.556. The molecule has 2 saturated heterocycles. The number of likely N-dealkylation sites (N-methyl/N-ethyl adjacent to an activating group) is 1. The Bertz CT molecular complexity index is 838. The van der Waals surface area contributed by atoms with E-state index < -0.39 is 21.2 Å². The summed E-state index contributed by atoms with van der Waals surface area (Å²) in [7, 11) is -1.49. The molecule has 1 aromatic rings. The number of carboxylic acid groups (broad SMARTS) is 1. The Labute approximate surface area is 153 Å². The largest absolute Gasteiger partial charge is 0.481 e. The summed E-state index contributed by atoms with van der Waals surface area (Å²) in [6.07, 6.45) is 2.98. The number of amides is 1. The maximum absolute atomic E-state index is 12.9. The van der Waals surface area contributed by atoms with Gasteiger partial charge in [0.15, 0.2) is 9.84 Å². The van der Waals surface area contributed by atoms with Crippen LogP contribution in [0.3, 0.4) is 0 Å². The lowest BCUT2D eigenvalue weighted by molar-refractivity contribution is -0.161. The number of carbonyl (C=O) groups excluding carboxylic acids is 1. The average molecular weight is 380 g/mol. The maximum atomic E-state index is 12.9. The van der Waals surface area contributed by atoms with Crippen molar-refractivity contribution in [1.29, 1.82) is 0 Å². The molecule has 1 amide bonds. The topological polar surface area (TPSA) is 95.0 Å². The fourth-order valence-electron chi connectivity index (χ4n) is 4.21. The number of hydrogen-bond acceptors (Lipinski definition) is 5. The minimum absolute atomic E-state index is 0.107. The van der Waals surface area contributed by atoms with Gasteiger partial charge in [0.2, 0.25) is 0 Å². The SMILES string of the molecule is CN1CCC[C@]2(C(=O)O)CCN(C(=O)c3cccc(S(C)(=O)=O)c3)C[C@@H]12. The summed E-state index contributed by atoms with van der Waals surface area (Å²) in [5.74, 6) is -1.05.